The highest BCUT2D eigenvalue weighted by atomic mass is 19.3. The topological polar surface area (TPSA) is 0 Å². The maximum atomic E-state index is 16.6. The first-order valence-electron chi connectivity index (χ1n) is 14.6. The third-order valence-electron chi connectivity index (χ3n) is 8.09. The first kappa shape index (κ1) is 31.9. The second-order valence-corrected chi connectivity index (χ2v) is 11.3. The van der Waals surface area contributed by atoms with Crippen molar-refractivity contribution in [1.82, 2.24) is 0 Å². The molecule has 0 aliphatic carbocycles. The molecular formula is C30H60F2. The van der Waals surface area contributed by atoms with Crippen LogP contribution in [0.3, 0.4) is 0 Å². The van der Waals surface area contributed by atoms with Gasteiger partial charge in [0.25, 0.3) is 5.92 Å². The molecule has 0 fully saturated rings. The van der Waals surface area contributed by atoms with Crippen LogP contribution in [0.5, 0.6) is 0 Å². The number of rotatable bonds is 23. The van der Waals surface area contributed by atoms with Crippen LogP contribution < -0.4 is 0 Å². The lowest BCUT2D eigenvalue weighted by atomic mass is 9.61. The molecule has 0 bridgehead atoms. The lowest BCUT2D eigenvalue weighted by Gasteiger charge is -2.49. The van der Waals surface area contributed by atoms with Gasteiger partial charge in [0.05, 0.1) is 0 Å². The molecule has 2 heteroatoms. The quantitative estimate of drug-likeness (QED) is 0.133. The SMILES string of the molecule is CCCCCCCC(C)(CCCCCC)C(F)(F)C(C)(CCCCCC)CCCCCC. The number of hydrogen-bond acceptors (Lipinski definition) is 0. The highest BCUT2D eigenvalue weighted by Crippen LogP contribution is 2.57. The second kappa shape index (κ2) is 18.2. The first-order valence-corrected chi connectivity index (χ1v) is 14.6. The van der Waals surface area contributed by atoms with Gasteiger partial charge in [0.15, 0.2) is 0 Å². The third-order valence-corrected chi connectivity index (χ3v) is 8.09. The molecule has 0 N–H and O–H groups in total. The van der Waals surface area contributed by atoms with Gasteiger partial charge in [-0.3, -0.25) is 0 Å². The second-order valence-electron chi connectivity index (χ2n) is 11.3. The van der Waals surface area contributed by atoms with Crippen molar-refractivity contribution < 1.29 is 8.78 Å². The molecule has 1 atom stereocenters. The monoisotopic (exact) mass is 458 g/mol. The van der Waals surface area contributed by atoms with Crippen molar-refractivity contribution in [1.29, 1.82) is 0 Å². The zero-order valence-electron chi connectivity index (χ0n) is 23.1. The van der Waals surface area contributed by atoms with E-state index in [1.807, 2.05) is 13.8 Å². The molecule has 0 saturated carbocycles. The Hall–Kier alpha value is -0.140. The highest BCUT2D eigenvalue weighted by molar-refractivity contribution is 5.00. The van der Waals surface area contributed by atoms with Gasteiger partial charge in [-0.2, -0.15) is 0 Å². The van der Waals surface area contributed by atoms with E-state index in [-0.39, 0.29) is 0 Å². The minimum atomic E-state index is -2.60. The van der Waals surface area contributed by atoms with Crippen LogP contribution in [0.15, 0.2) is 0 Å². The summed E-state index contributed by atoms with van der Waals surface area (Å²) in [6.07, 6.45) is 21.6. The Morgan fingerprint density at radius 3 is 0.844 bits per heavy atom. The molecule has 0 nitrogen and oxygen atoms in total. The smallest absolute Gasteiger partial charge is 0.206 e. The summed E-state index contributed by atoms with van der Waals surface area (Å²) in [6.45, 7) is 12.7. The Labute approximate surface area is 202 Å². The number of unbranched alkanes of at least 4 members (excludes halogenated alkanes) is 13. The fourth-order valence-corrected chi connectivity index (χ4v) is 5.55. The predicted molar refractivity (Wildman–Crippen MR) is 141 cm³/mol. The summed E-state index contributed by atoms with van der Waals surface area (Å²) in [5, 5.41) is 0. The van der Waals surface area contributed by atoms with Crippen LogP contribution in [0.1, 0.15) is 176 Å². The Bertz CT molecular complexity index is 405. The van der Waals surface area contributed by atoms with Crippen molar-refractivity contribution >= 4 is 0 Å². The van der Waals surface area contributed by atoms with Gasteiger partial charge in [-0.15, -0.1) is 0 Å². The van der Waals surface area contributed by atoms with E-state index < -0.39 is 16.8 Å². The van der Waals surface area contributed by atoms with Crippen molar-refractivity contribution in [2.24, 2.45) is 10.8 Å². The van der Waals surface area contributed by atoms with E-state index in [1.165, 1.54) is 38.5 Å². The molecule has 0 amide bonds. The Morgan fingerprint density at radius 1 is 0.375 bits per heavy atom. The lowest BCUT2D eigenvalue weighted by Crippen LogP contribution is -2.51. The Kier molecular flexibility index (Phi) is 18.1. The molecule has 0 saturated heterocycles. The molecule has 0 aliphatic rings. The van der Waals surface area contributed by atoms with Gasteiger partial charge in [-0.05, 0) is 25.7 Å². The summed E-state index contributed by atoms with van der Waals surface area (Å²) in [5.74, 6) is -2.60. The third kappa shape index (κ3) is 11.3. The van der Waals surface area contributed by atoms with Crippen LogP contribution in [0, 0.1) is 10.8 Å². The number of alkyl halides is 2. The van der Waals surface area contributed by atoms with Crippen LogP contribution in [-0.4, -0.2) is 5.92 Å². The number of halogens is 2. The standard InChI is InChI=1S/C30H60F2/c1-7-11-15-19-23-27-29(6,26-22-18-14-10-4)30(31,32)28(5,24-20-16-12-8-2)25-21-17-13-9-3/h7-27H2,1-6H3. The van der Waals surface area contributed by atoms with Crippen molar-refractivity contribution in [3.8, 4) is 0 Å². The van der Waals surface area contributed by atoms with E-state index in [2.05, 4.69) is 27.7 Å². The van der Waals surface area contributed by atoms with Gasteiger partial charge in [0.1, 0.15) is 0 Å². The van der Waals surface area contributed by atoms with E-state index in [0.29, 0.717) is 25.7 Å². The molecular weight excluding hydrogens is 398 g/mol. The minimum Gasteiger partial charge on any atom is -0.206 e. The summed E-state index contributed by atoms with van der Waals surface area (Å²) in [6, 6.07) is 0. The molecule has 0 aliphatic heterocycles. The lowest BCUT2D eigenvalue weighted by molar-refractivity contribution is -0.211. The summed E-state index contributed by atoms with van der Waals surface area (Å²) in [4.78, 5) is 0. The molecule has 1 unspecified atom stereocenters. The number of hydrogen-bond donors (Lipinski definition) is 0. The molecule has 0 aromatic carbocycles. The predicted octanol–water partition coefficient (Wildman–Crippen LogP) is 11.9. The van der Waals surface area contributed by atoms with E-state index in [0.717, 1.165) is 70.6 Å². The van der Waals surface area contributed by atoms with E-state index in [1.54, 1.807) is 0 Å². The van der Waals surface area contributed by atoms with Gasteiger partial charge >= 0.3 is 0 Å². The largest absolute Gasteiger partial charge is 0.258 e. The fraction of sp³-hybridized carbons (Fsp3) is 1.00. The molecule has 0 rings (SSSR count). The minimum absolute atomic E-state index is 0.687. The Morgan fingerprint density at radius 2 is 0.594 bits per heavy atom. The van der Waals surface area contributed by atoms with Crippen LogP contribution in [0.25, 0.3) is 0 Å². The zero-order valence-corrected chi connectivity index (χ0v) is 23.1. The summed E-state index contributed by atoms with van der Waals surface area (Å²) < 4.78 is 33.2. The van der Waals surface area contributed by atoms with Gasteiger partial charge in [0.2, 0.25) is 0 Å². The van der Waals surface area contributed by atoms with Crippen molar-refractivity contribution in [2.45, 2.75) is 182 Å². The van der Waals surface area contributed by atoms with Gasteiger partial charge in [0, 0.05) is 10.8 Å². The van der Waals surface area contributed by atoms with Crippen molar-refractivity contribution in [3.63, 3.8) is 0 Å². The average Bonchev–Trinajstić information content (AvgIpc) is 2.77. The average molecular weight is 459 g/mol. The molecule has 194 valence electrons. The van der Waals surface area contributed by atoms with Crippen molar-refractivity contribution in [3.05, 3.63) is 0 Å². The van der Waals surface area contributed by atoms with Crippen LogP contribution in [-0.2, 0) is 0 Å². The molecule has 32 heavy (non-hydrogen) atoms. The van der Waals surface area contributed by atoms with Crippen LogP contribution in [0.4, 0.5) is 8.78 Å². The van der Waals surface area contributed by atoms with Crippen LogP contribution >= 0.6 is 0 Å². The molecule has 0 heterocycles. The summed E-state index contributed by atoms with van der Waals surface area (Å²) >= 11 is 0. The van der Waals surface area contributed by atoms with Gasteiger partial charge < -0.3 is 0 Å². The van der Waals surface area contributed by atoms with E-state index >= 15 is 8.78 Å². The molecule has 0 aromatic heterocycles. The maximum Gasteiger partial charge on any atom is 0.258 e. The fourth-order valence-electron chi connectivity index (χ4n) is 5.55. The summed E-state index contributed by atoms with van der Waals surface area (Å²) in [7, 11) is 0. The maximum absolute atomic E-state index is 16.6. The normalized spacial score (nSPS) is 14.6. The first-order chi connectivity index (χ1) is 15.2. The molecule has 0 aromatic rings. The molecule has 0 spiro atoms. The Balaban J connectivity index is 5.51. The van der Waals surface area contributed by atoms with Crippen LogP contribution in [0.2, 0.25) is 0 Å². The zero-order chi connectivity index (χ0) is 24.3. The van der Waals surface area contributed by atoms with Gasteiger partial charge in [-0.25, -0.2) is 8.78 Å². The van der Waals surface area contributed by atoms with E-state index in [4.69, 9.17) is 0 Å². The van der Waals surface area contributed by atoms with Gasteiger partial charge in [-0.1, -0.05) is 151 Å². The molecule has 0 radical (unpaired) electrons. The van der Waals surface area contributed by atoms with Crippen molar-refractivity contribution in [2.75, 3.05) is 0 Å². The summed E-state index contributed by atoms with van der Waals surface area (Å²) in [5.41, 5.74) is -1.73. The van der Waals surface area contributed by atoms with E-state index in [9.17, 15) is 0 Å². The highest BCUT2D eigenvalue weighted by Gasteiger charge is 2.59.